The molecule has 3 aromatic carbocycles. The molecule has 0 fully saturated rings. The van der Waals surface area contributed by atoms with Gasteiger partial charge in [0.15, 0.2) is 0 Å². The first kappa shape index (κ1) is 22.0. The standard InChI is InChI=1S/C29H29N3O2/c1-21(23-13-7-4-8-14-23)19-32-27(33)26-17-24-15-9-10-16-25(24)31(26)20-29(32,2)28(34)30-18-22-11-5-3-6-12-22/h3-17,21H,18-20H2,1-2H3,(H,30,34). The molecule has 2 amide bonds. The number of nitrogens with zero attached hydrogens (tertiary/aromatic N) is 2. The molecule has 34 heavy (non-hydrogen) atoms. The average molecular weight is 452 g/mol. The van der Waals surface area contributed by atoms with Crippen LogP contribution in [0.1, 0.15) is 41.4 Å². The molecule has 2 unspecified atom stereocenters. The lowest BCUT2D eigenvalue weighted by atomic mass is 9.91. The van der Waals surface area contributed by atoms with Crippen molar-refractivity contribution in [1.29, 1.82) is 0 Å². The Hall–Kier alpha value is -3.86. The lowest BCUT2D eigenvalue weighted by Crippen LogP contribution is -2.64. The van der Waals surface area contributed by atoms with E-state index in [1.54, 1.807) is 4.90 Å². The van der Waals surface area contributed by atoms with Gasteiger partial charge >= 0.3 is 0 Å². The topological polar surface area (TPSA) is 54.3 Å². The van der Waals surface area contributed by atoms with Crippen molar-refractivity contribution in [3.05, 3.63) is 108 Å². The van der Waals surface area contributed by atoms with Crippen molar-refractivity contribution < 1.29 is 9.59 Å². The zero-order valence-corrected chi connectivity index (χ0v) is 19.6. The number of benzene rings is 3. The molecule has 1 aliphatic rings. The second-order valence-electron chi connectivity index (χ2n) is 9.34. The molecule has 0 saturated carbocycles. The number of fused-ring (bicyclic) bond motifs is 3. The molecule has 1 aliphatic heterocycles. The molecule has 0 spiro atoms. The highest BCUT2D eigenvalue weighted by Crippen LogP contribution is 2.34. The third-order valence-corrected chi connectivity index (χ3v) is 6.95. The van der Waals surface area contributed by atoms with E-state index < -0.39 is 5.54 Å². The fourth-order valence-electron chi connectivity index (χ4n) is 4.92. The van der Waals surface area contributed by atoms with Crippen molar-refractivity contribution in [3.8, 4) is 0 Å². The SMILES string of the molecule is CC(CN1C(=O)c2cc3ccccc3n2CC1(C)C(=O)NCc1ccccc1)c1ccccc1. The molecule has 5 heteroatoms. The normalized spacial score (nSPS) is 18.5. The fraction of sp³-hybridized carbons (Fsp3) is 0.241. The lowest BCUT2D eigenvalue weighted by Gasteiger charge is -2.45. The van der Waals surface area contributed by atoms with Crippen LogP contribution >= 0.6 is 0 Å². The van der Waals surface area contributed by atoms with Crippen LogP contribution < -0.4 is 5.32 Å². The van der Waals surface area contributed by atoms with Crippen LogP contribution in [0.2, 0.25) is 0 Å². The summed E-state index contributed by atoms with van der Waals surface area (Å²) >= 11 is 0. The predicted octanol–water partition coefficient (Wildman–Crippen LogP) is 4.98. The number of aromatic nitrogens is 1. The number of rotatable bonds is 6. The van der Waals surface area contributed by atoms with Gasteiger partial charge in [0.2, 0.25) is 5.91 Å². The third-order valence-electron chi connectivity index (χ3n) is 6.95. The molecule has 5 rings (SSSR count). The highest BCUT2D eigenvalue weighted by Gasteiger charge is 2.48. The molecule has 1 aromatic heterocycles. The molecular weight excluding hydrogens is 422 g/mol. The monoisotopic (exact) mass is 451 g/mol. The van der Waals surface area contributed by atoms with Crippen LogP contribution in [-0.2, 0) is 17.9 Å². The van der Waals surface area contributed by atoms with Crippen LogP contribution in [0.5, 0.6) is 0 Å². The highest BCUT2D eigenvalue weighted by atomic mass is 16.2. The van der Waals surface area contributed by atoms with E-state index in [4.69, 9.17) is 0 Å². The molecule has 172 valence electrons. The smallest absolute Gasteiger partial charge is 0.271 e. The highest BCUT2D eigenvalue weighted by molar-refractivity contribution is 6.03. The molecule has 0 bridgehead atoms. The van der Waals surface area contributed by atoms with Gasteiger partial charge in [-0.25, -0.2) is 0 Å². The first-order valence-electron chi connectivity index (χ1n) is 11.7. The second-order valence-corrected chi connectivity index (χ2v) is 9.34. The molecule has 0 aliphatic carbocycles. The van der Waals surface area contributed by atoms with Gasteiger partial charge in [-0.3, -0.25) is 9.59 Å². The molecule has 0 radical (unpaired) electrons. The Labute approximate surface area is 200 Å². The summed E-state index contributed by atoms with van der Waals surface area (Å²) in [4.78, 5) is 29.4. The van der Waals surface area contributed by atoms with Gasteiger partial charge < -0.3 is 14.8 Å². The zero-order chi connectivity index (χ0) is 23.7. The van der Waals surface area contributed by atoms with Gasteiger partial charge in [-0.15, -0.1) is 0 Å². The Balaban J connectivity index is 1.51. The van der Waals surface area contributed by atoms with Crippen molar-refractivity contribution >= 4 is 22.7 Å². The number of hydrogen-bond acceptors (Lipinski definition) is 2. The Morgan fingerprint density at radius 3 is 2.35 bits per heavy atom. The first-order chi connectivity index (χ1) is 16.5. The van der Waals surface area contributed by atoms with Gasteiger partial charge in [0.25, 0.3) is 5.91 Å². The minimum atomic E-state index is -1.02. The fourth-order valence-corrected chi connectivity index (χ4v) is 4.92. The van der Waals surface area contributed by atoms with E-state index >= 15 is 0 Å². The Bertz CT molecular complexity index is 1330. The summed E-state index contributed by atoms with van der Waals surface area (Å²) in [5, 5.41) is 4.11. The quantitative estimate of drug-likeness (QED) is 0.450. The lowest BCUT2D eigenvalue weighted by molar-refractivity contribution is -0.133. The molecule has 1 N–H and O–H groups in total. The summed E-state index contributed by atoms with van der Waals surface area (Å²) in [6.45, 7) is 5.28. The van der Waals surface area contributed by atoms with Crippen LogP contribution in [-0.4, -0.2) is 33.4 Å². The minimum Gasteiger partial charge on any atom is -0.350 e. The Morgan fingerprint density at radius 1 is 0.971 bits per heavy atom. The van der Waals surface area contributed by atoms with E-state index in [1.165, 1.54) is 0 Å². The maximum Gasteiger partial charge on any atom is 0.271 e. The van der Waals surface area contributed by atoms with E-state index in [9.17, 15) is 9.59 Å². The first-order valence-corrected chi connectivity index (χ1v) is 11.7. The summed E-state index contributed by atoms with van der Waals surface area (Å²) in [7, 11) is 0. The van der Waals surface area contributed by atoms with Gasteiger partial charge in [-0.1, -0.05) is 85.8 Å². The van der Waals surface area contributed by atoms with Crippen molar-refractivity contribution in [2.75, 3.05) is 6.54 Å². The van der Waals surface area contributed by atoms with Crippen LogP contribution in [0, 0.1) is 0 Å². The molecule has 5 nitrogen and oxygen atoms in total. The van der Waals surface area contributed by atoms with Crippen molar-refractivity contribution in [3.63, 3.8) is 0 Å². The average Bonchev–Trinajstić information content (AvgIpc) is 3.24. The summed E-state index contributed by atoms with van der Waals surface area (Å²) < 4.78 is 2.00. The maximum absolute atomic E-state index is 13.9. The van der Waals surface area contributed by atoms with E-state index in [-0.39, 0.29) is 17.7 Å². The van der Waals surface area contributed by atoms with Crippen molar-refractivity contribution in [2.24, 2.45) is 0 Å². The van der Waals surface area contributed by atoms with Crippen LogP contribution in [0.15, 0.2) is 91.0 Å². The van der Waals surface area contributed by atoms with Gasteiger partial charge in [-0.05, 0) is 36.1 Å². The molecule has 4 aromatic rings. The Kier molecular flexibility index (Phi) is 5.70. The molecular formula is C29H29N3O2. The minimum absolute atomic E-state index is 0.0855. The largest absolute Gasteiger partial charge is 0.350 e. The van der Waals surface area contributed by atoms with Crippen LogP contribution in [0.4, 0.5) is 0 Å². The summed E-state index contributed by atoms with van der Waals surface area (Å²) in [6, 6.07) is 29.9. The third kappa shape index (κ3) is 3.87. The van der Waals surface area contributed by atoms with E-state index in [1.807, 2.05) is 90.4 Å². The Morgan fingerprint density at radius 2 is 1.62 bits per heavy atom. The number of para-hydroxylation sites is 1. The summed E-state index contributed by atoms with van der Waals surface area (Å²) in [5.74, 6) is -0.168. The van der Waals surface area contributed by atoms with E-state index in [2.05, 4.69) is 24.4 Å². The van der Waals surface area contributed by atoms with Crippen molar-refractivity contribution in [1.82, 2.24) is 14.8 Å². The molecule has 0 saturated heterocycles. The number of nitrogens with one attached hydrogen (secondary N) is 1. The van der Waals surface area contributed by atoms with E-state index in [0.717, 1.165) is 22.0 Å². The number of amides is 2. The van der Waals surface area contributed by atoms with Gasteiger partial charge in [-0.2, -0.15) is 0 Å². The molecule has 2 atom stereocenters. The number of hydrogen-bond donors (Lipinski definition) is 1. The van der Waals surface area contributed by atoms with E-state index in [0.29, 0.717) is 25.3 Å². The number of carbonyl (C=O) groups excluding carboxylic acids is 2. The van der Waals surface area contributed by atoms with Crippen LogP contribution in [0.3, 0.4) is 0 Å². The summed E-state index contributed by atoms with van der Waals surface area (Å²) in [6.07, 6.45) is 0. The zero-order valence-electron chi connectivity index (χ0n) is 19.6. The summed E-state index contributed by atoms with van der Waals surface area (Å²) in [5.41, 5.74) is 2.76. The molecule has 2 heterocycles. The second kappa shape index (κ2) is 8.82. The van der Waals surface area contributed by atoms with Crippen LogP contribution in [0.25, 0.3) is 10.9 Å². The number of carbonyl (C=O) groups is 2. The maximum atomic E-state index is 13.9. The van der Waals surface area contributed by atoms with Gasteiger partial charge in [0.1, 0.15) is 11.2 Å². The van der Waals surface area contributed by atoms with Gasteiger partial charge in [0, 0.05) is 24.0 Å². The predicted molar refractivity (Wildman–Crippen MR) is 135 cm³/mol. The van der Waals surface area contributed by atoms with Crippen molar-refractivity contribution in [2.45, 2.75) is 38.4 Å². The van der Waals surface area contributed by atoms with Gasteiger partial charge in [0.05, 0.1) is 6.54 Å².